The van der Waals surface area contributed by atoms with Crippen molar-refractivity contribution in [2.45, 2.75) is 37.8 Å². The lowest BCUT2D eigenvalue weighted by atomic mass is 9.92. The number of carbonyl (C=O) groups is 1. The zero-order valence-corrected chi connectivity index (χ0v) is 12.7. The second-order valence-corrected chi connectivity index (χ2v) is 5.66. The molecule has 22 heavy (non-hydrogen) atoms. The Balaban J connectivity index is 1.73. The summed E-state index contributed by atoms with van der Waals surface area (Å²) in [6, 6.07) is 7.65. The van der Waals surface area contributed by atoms with Crippen LogP contribution in [-0.4, -0.2) is 34.7 Å². The minimum Gasteiger partial charge on any atom is -0.379 e. The maximum atomic E-state index is 12.5. The minimum absolute atomic E-state index is 0.0454. The van der Waals surface area contributed by atoms with E-state index < -0.39 is 0 Å². The van der Waals surface area contributed by atoms with Crippen LogP contribution in [0.3, 0.4) is 0 Å². The third kappa shape index (κ3) is 3.20. The maximum Gasteiger partial charge on any atom is 0.251 e. The van der Waals surface area contributed by atoms with Crippen molar-refractivity contribution in [3.05, 3.63) is 48.5 Å². The van der Waals surface area contributed by atoms with Crippen molar-refractivity contribution in [2.24, 2.45) is 0 Å². The number of ether oxygens (including phenoxy) is 1. The van der Waals surface area contributed by atoms with E-state index >= 15 is 0 Å². The summed E-state index contributed by atoms with van der Waals surface area (Å²) in [5.74, 6) is -0.0454. The number of imidazole rings is 1. The van der Waals surface area contributed by atoms with Gasteiger partial charge in [-0.2, -0.15) is 0 Å². The van der Waals surface area contributed by atoms with E-state index in [9.17, 15) is 4.79 Å². The highest BCUT2D eigenvalue weighted by molar-refractivity contribution is 5.95. The standard InChI is InChI=1S/C17H21N3O2/c1-22-16-8-3-2-7-15(16)19-17(21)13-5-4-6-14(11-13)20-10-9-18-12-20/h4-6,9-12,15-16H,2-3,7-8H2,1H3,(H,19,21)/t15-,16-/m1/s1. The van der Waals surface area contributed by atoms with Gasteiger partial charge in [0.25, 0.3) is 5.91 Å². The van der Waals surface area contributed by atoms with Crippen molar-refractivity contribution < 1.29 is 9.53 Å². The first-order valence-corrected chi connectivity index (χ1v) is 7.70. The number of nitrogens with one attached hydrogen (secondary N) is 1. The number of rotatable bonds is 4. The molecule has 1 amide bonds. The lowest BCUT2D eigenvalue weighted by Gasteiger charge is -2.31. The fourth-order valence-corrected chi connectivity index (χ4v) is 3.02. The molecule has 5 heteroatoms. The van der Waals surface area contributed by atoms with Gasteiger partial charge in [-0.1, -0.05) is 18.9 Å². The number of methoxy groups -OCH3 is 1. The summed E-state index contributed by atoms with van der Waals surface area (Å²) in [7, 11) is 1.72. The summed E-state index contributed by atoms with van der Waals surface area (Å²) < 4.78 is 7.38. The average molecular weight is 299 g/mol. The van der Waals surface area contributed by atoms with Crippen LogP contribution in [0.1, 0.15) is 36.0 Å². The molecule has 1 fully saturated rings. The summed E-state index contributed by atoms with van der Waals surface area (Å²) in [5.41, 5.74) is 1.59. The Hall–Kier alpha value is -2.14. The van der Waals surface area contributed by atoms with E-state index in [0.717, 1.165) is 24.9 Å². The Bertz CT molecular complexity index is 625. The van der Waals surface area contributed by atoms with E-state index in [-0.39, 0.29) is 18.1 Å². The van der Waals surface area contributed by atoms with Crippen LogP contribution in [0.4, 0.5) is 0 Å². The molecule has 0 spiro atoms. The third-order valence-electron chi connectivity index (χ3n) is 4.23. The molecule has 116 valence electrons. The molecular weight excluding hydrogens is 278 g/mol. The molecule has 1 aromatic carbocycles. The van der Waals surface area contributed by atoms with Crippen molar-refractivity contribution in [1.82, 2.24) is 14.9 Å². The first-order chi connectivity index (χ1) is 10.8. The number of carbonyl (C=O) groups excluding carboxylic acids is 1. The lowest BCUT2D eigenvalue weighted by Crippen LogP contribution is -2.45. The lowest BCUT2D eigenvalue weighted by molar-refractivity contribution is 0.0392. The van der Waals surface area contributed by atoms with Crippen LogP contribution < -0.4 is 5.32 Å². The Morgan fingerprint density at radius 2 is 2.23 bits per heavy atom. The zero-order valence-electron chi connectivity index (χ0n) is 12.7. The Labute approximate surface area is 130 Å². The largest absolute Gasteiger partial charge is 0.379 e. The number of aromatic nitrogens is 2. The summed E-state index contributed by atoms with van der Waals surface area (Å²) >= 11 is 0. The normalized spacial score (nSPS) is 21.5. The van der Waals surface area contributed by atoms with Gasteiger partial charge in [-0.15, -0.1) is 0 Å². The molecule has 2 atom stereocenters. The Morgan fingerprint density at radius 1 is 1.36 bits per heavy atom. The molecule has 1 aliphatic rings. The topological polar surface area (TPSA) is 56.1 Å². The SMILES string of the molecule is CO[C@@H]1CCCC[C@H]1NC(=O)c1cccc(-n2ccnc2)c1. The summed E-state index contributed by atoms with van der Waals surface area (Å²) in [5, 5.41) is 3.12. The van der Waals surface area contributed by atoms with E-state index in [1.807, 2.05) is 35.0 Å². The van der Waals surface area contributed by atoms with Gasteiger partial charge < -0.3 is 14.6 Å². The fourth-order valence-electron chi connectivity index (χ4n) is 3.02. The van der Waals surface area contributed by atoms with Crippen molar-refractivity contribution in [3.63, 3.8) is 0 Å². The minimum atomic E-state index is -0.0454. The van der Waals surface area contributed by atoms with Gasteiger partial charge in [-0.3, -0.25) is 4.79 Å². The molecular formula is C17H21N3O2. The molecule has 0 saturated heterocycles. The first kappa shape index (κ1) is 14.8. The van der Waals surface area contributed by atoms with Crippen molar-refractivity contribution in [3.8, 4) is 5.69 Å². The average Bonchev–Trinajstić information content (AvgIpc) is 3.10. The van der Waals surface area contributed by atoms with Crippen LogP contribution in [0.5, 0.6) is 0 Å². The molecule has 1 aromatic heterocycles. The van der Waals surface area contributed by atoms with Crippen LogP contribution in [0.25, 0.3) is 5.69 Å². The number of benzene rings is 1. The van der Waals surface area contributed by atoms with Crippen molar-refractivity contribution in [1.29, 1.82) is 0 Å². The van der Waals surface area contributed by atoms with Gasteiger partial charge in [0.1, 0.15) is 0 Å². The molecule has 0 aliphatic heterocycles. The molecule has 5 nitrogen and oxygen atoms in total. The van der Waals surface area contributed by atoms with Crippen LogP contribution in [0.2, 0.25) is 0 Å². The number of hydrogen-bond donors (Lipinski definition) is 1. The highest BCUT2D eigenvalue weighted by atomic mass is 16.5. The van der Waals surface area contributed by atoms with Crippen LogP contribution >= 0.6 is 0 Å². The Morgan fingerprint density at radius 3 is 3.00 bits per heavy atom. The molecule has 1 saturated carbocycles. The van der Waals surface area contributed by atoms with Crippen molar-refractivity contribution >= 4 is 5.91 Å². The number of hydrogen-bond acceptors (Lipinski definition) is 3. The molecule has 1 heterocycles. The highest BCUT2D eigenvalue weighted by Gasteiger charge is 2.26. The van der Waals surface area contributed by atoms with Gasteiger partial charge in [0.05, 0.1) is 18.5 Å². The summed E-state index contributed by atoms with van der Waals surface area (Å²) in [6.45, 7) is 0. The fraction of sp³-hybridized carbons (Fsp3) is 0.412. The smallest absolute Gasteiger partial charge is 0.251 e. The highest BCUT2D eigenvalue weighted by Crippen LogP contribution is 2.21. The summed E-state index contributed by atoms with van der Waals surface area (Å²) in [4.78, 5) is 16.5. The van der Waals surface area contributed by atoms with Gasteiger partial charge in [-0.25, -0.2) is 4.98 Å². The van der Waals surface area contributed by atoms with Crippen LogP contribution in [0, 0.1) is 0 Å². The van der Waals surface area contributed by atoms with Gasteiger partial charge in [0, 0.05) is 30.8 Å². The van der Waals surface area contributed by atoms with E-state index in [0.29, 0.717) is 5.56 Å². The molecule has 3 rings (SSSR count). The predicted octanol–water partition coefficient (Wildman–Crippen LogP) is 2.56. The van der Waals surface area contributed by atoms with Gasteiger partial charge in [-0.05, 0) is 31.0 Å². The molecule has 2 aromatic rings. The third-order valence-corrected chi connectivity index (χ3v) is 4.23. The molecule has 0 unspecified atom stereocenters. The maximum absolute atomic E-state index is 12.5. The van der Waals surface area contributed by atoms with E-state index in [2.05, 4.69) is 10.3 Å². The zero-order chi connectivity index (χ0) is 15.4. The summed E-state index contributed by atoms with van der Waals surface area (Å²) in [6.07, 6.45) is 9.72. The van der Waals surface area contributed by atoms with E-state index in [1.54, 1.807) is 19.6 Å². The van der Waals surface area contributed by atoms with Gasteiger partial charge in [0.2, 0.25) is 0 Å². The van der Waals surface area contributed by atoms with Crippen LogP contribution in [-0.2, 0) is 4.74 Å². The molecule has 1 aliphatic carbocycles. The van der Waals surface area contributed by atoms with E-state index in [1.165, 1.54) is 6.42 Å². The first-order valence-electron chi connectivity index (χ1n) is 7.70. The van der Waals surface area contributed by atoms with Crippen molar-refractivity contribution in [2.75, 3.05) is 7.11 Å². The second-order valence-electron chi connectivity index (χ2n) is 5.66. The monoisotopic (exact) mass is 299 g/mol. The predicted molar refractivity (Wildman–Crippen MR) is 84.1 cm³/mol. The second kappa shape index (κ2) is 6.75. The Kier molecular flexibility index (Phi) is 4.53. The quantitative estimate of drug-likeness (QED) is 0.944. The molecule has 1 N–H and O–H groups in total. The number of amides is 1. The van der Waals surface area contributed by atoms with Gasteiger partial charge >= 0.3 is 0 Å². The molecule has 0 radical (unpaired) electrons. The van der Waals surface area contributed by atoms with E-state index in [4.69, 9.17) is 4.74 Å². The number of nitrogens with zero attached hydrogens (tertiary/aromatic N) is 2. The molecule has 0 bridgehead atoms. The van der Waals surface area contributed by atoms with Crippen LogP contribution in [0.15, 0.2) is 43.0 Å². The van der Waals surface area contributed by atoms with Gasteiger partial charge in [0.15, 0.2) is 0 Å².